The molecule has 0 atom stereocenters. The minimum atomic E-state index is 0.558. The van der Waals surface area contributed by atoms with Crippen LogP contribution in [-0.4, -0.2) is 16.0 Å². The van der Waals surface area contributed by atoms with Crippen LogP contribution in [-0.2, 0) is 19.4 Å². The van der Waals surface area contributed by atoms with Crippen molar-refractivity contribution in [3.63, 3.8) is 0 Å². The Kier molecular flexibility index (Phi) is 3.31. The second-order valence-electron chi connectivity index (χ2n) is 5.89. The molecule has 21 heavy (non-hydrogen) atoms. The maximum absolute atomic E-state index is 5.80. The molecule has 1 aromatic heterocycles. The van der Waals surface area contributed by atoms with Gasteiger partial charge in [-0.2, -0.15) is 0 Å². The van der Waals surface area contributed by atoms with Crippen molar-refractivity contribution in [2.24, 2.45) is 0 Å². The molecule has 1 aromatic carbocycles. The smallest absolute Gasteiger partial charge is 0.237 e. The van der Waals surface area contributed by atoms with Gasteiger partial charge in [0.25, 0.3) is 0 Å². The van der Waals surface area contributed by atoms with E-state index in [2.05, 4.69) is 27.4 Å². The summed E-state index contributed by atoms with van der Waals surface area (Å²) in [5.41, 5.74) is 3.82. The van der Waals surface area contributed by atoms with E-state index in [9.17, 15) is 0 Å². The Morgan fingerprint density at radius 2 is 2.00 bits per heavy atom. The van der Waals surface area contributed by atoms with Crippen LogP contribution in [0, 0.1) is 0 Å². The van der Waals surface area contributed by atoms with Crippen LogP contribution in [0.1, 0.15) is 36.1 Å². The van der Waals surface area contributed by atoms with Crippen LogP contribution >= 0.6 is 0 Å². The lowest BCUT2D eigenvalue weighted by Crippen LogP contribution is -2.16. The van der Waals surface area contributed by atoms with Gasteiger partial charge in [0.1, 0.15) is 5.75 Å². The van der Waals surface area contributed by atoms with Crippen molar-refractivity contribution in [2.45, 2.75) is 44.7 Å². The summed E-state index contributed by atoms with van der Waals surface area (Å²) in [6.45, 7) is 0.788. The summed E-state index contributed by atoms with van der Waals surface area (Å²) < 4.78 is 5.80. The Morgan fingerprint density at radius 1 is 1.10 bits per heavy atom. The van der Waals surface area contributed by atoms with Gasteiger partial charge >= 0.3 is 0 Å². The van der Waals surface area contributed by atoms with E-state index in [0.29, 0.717) is 11.9 Å². The molecule has 4 heteroatoms. The van der Waals surface area contributed by atoms with Crippen LogP contribution in [0.4, 0.5) is 0 Å². The van der Waals surface area contributed by atoms with Crippen molar-refractivity contribution in [3.05, 3.63) is 47.4 Å². The molecule has 0 unspecified atom stereocenters. The van der Waals surface area contributed by atoms with Crippen LogP contribution in [0.15, 0.2) is 30.6 Å². The van der Waals surface area contributed by atoms with Gasteiger partial charge in [-0.25, -0.2) is 4.98 Å². The zero-order valence-electron chi connectivity index (χ0n) is 12.0. The molecule has 4 nitrogen and oxygen atoms in total. The van der Waals surface area contributed by atoms with Gasteiger partial charge in [0.2, 0.25) is 5.88 Å². The SMILES string of the molecule is c1cc2c(cc1Oc1cnc(CNC3CC3)cn1)CCC2. The van der Waals surface area contributed by atoms with Gasteiger partial charge in [-0.15, -0.1) is 0 Å². The highest BCUT2D eigenvalue weighted by Crippen LogP contribution is 2.28. The van der Waals surface area contributed by atoms with Gasteiger partial charge in [-0.3, -0.25) is 4.98 Å². The normalized spacial score (nSPS) is 16.8. The molecule has 2 aromatic rings. The zero-order chi connectivity index (χ0) is 14.1. The first-order valence-electron chi connectivity index (χ1n) is 7.71. The van der Waals surface area contributed by atoms with Gasteiger partial charge in [0.05, 0.1) is 18.1 Å². The Hall–Kier alpha value is -1.94. The maximum atomic E-state index is 5.80. The van der Waals surface area contributed by atoms with E-state index in [1.807, 2.05) is 6.07 Å². The van der Waals surface area contributed by atoms with Crippen molar-refractivity contribution in [3.8, 4) is 11.6 Å². The highest BCUT2D eigenvalue weighted by Gasteiger charge is 2.20. The fourth-order valence-electron chi connectivity index (χ4n) is 2.76. The number of fused-ring (bicyclic) bond motifs is 1. The fourth-order valence-corrected chi connectivity index (χ4v) is 2.76. The number of hydrogen-bond donors (Lipinski definition) is 1. The largest absolute Gasteiger partial charge is 0.437 e. The lowest BCUT2D eigenvalue weighted by atomic mass is 10.1. The summed E-state index contributed by atoms with van der Waals surface area (Å²) in [5.74, 6) is 1.41. The highest BCUT2D eigenvalue weighted by atomic mass is 16.5. The first kappa shape index (κ1) is 12.8. The number of ether oxygens (including phenoxy) is 1. The van der Waals surface area contributed by atoms with E-state index >= 15 is 0 Å². The van der Waals surface area contributed by atoms with Crippen LogP contribution in [0.5, 0.6) is 11.6 Å². The molecular formula is C17H19N3O. The molecule has 0 aliphatic heterocycles. The second kappa shape index (κ2) is 5.45. The molecule has 108 valence electrons. The average Bonchev–Trinajstić information content (AvgIpc) is 3.23. The number of benzene rings is 1. The van der Waals surface area contributed by atoms with Crippen LogP contribution in [0.25, 0.3) is 0 Å². The predicted molar refractivity (Wildman–Crippen MR) is 80.4 cm³/mol. The molecule has 2 aliphatic rings. The molecular weight excluding hydrogens is 262 g/mol. The van der Waals surface area contributed by atoms with Gasteiger partial charge in [-0.05, 0) is 55.4 Å². The molecule has 0 amide bonds. The van der Waals surface area contributed by atoms with E-state index in [1.165, 1.54) is 36.8 Å². The number of aryl methyl sites for hydroxylation is 2. The Balaban J connectivity index is 1.41. The lowest BCUT2D eigenvalue weighted by molar-refractivity contribution is 0.458. The van der Waals surface area contributed by atoms with Crippen LogP contribution in [0.2, 0.25) is 0 Å². The third-order valence-corrected chi connectivity index (χ3v) is 4.12. The highest BCUT2D eigenvalue weighted by molar-refractivity contribution is 5.39. The van der Waals surface area contributed by atoms with E-state index in [4.69, 9.17) is 4.74 Å². The number of nitrogens with one attached hydrogen (secondary N) is 1. The molecule has 0 saturated heterocycles. The first-order chi connectivity index (χ1) is 10.4. The van der Waals surface area contributed by atoms with Gasteiger partial charge < -0.3 is 10.1 Å². The van der Waals surface area contributed by atoms with Gasteiger partial charge in [0, 0.05) is 12.6 Å². The minimum Gasteiger partial charge on any atom is -0.437 e. The van der Waals surface area contributed by atoms with Crippen molar-refractivity contribution in [1.29, 1.82) is 0 Å². The summed E-state index contributed by atoms with van der Waals surface area (Å²) in [7, 11) is 0. The average molecular weight is 281 g/mol. The summed E-state index contributed by atoms with van der Waals surface area (Å²) in [4.78, 5) is 8.74. The fraction of sp³-hybridized carbons (Fsp3) is 0.412. The third-order valence-electron chi connectivity index (χ3n) is 4.12. The van der Waals surface area contributed by atoms with Crippen molar-refractivity contribution < 1.29 is 4.74 Å². The topological polar surface area (TPSA) is 47.0 Å². The summed E-state index contributed by atoms with van der Waals surface area (Å²) in [6, 6.07) is 7.01. The molecule has 0 radical (unpaired) electrons. The second-order valence-corrected chi connectivity index (χ2v) is 5.89. The molecule has 1 saturated carbocycles. The van der Waals surface area contributed by atoms with E-state index in [0.717, 1.165) is 24.4 Å². The number of hydrogen-bond acceptors (Lipinski definition) is 4. The number of aromatic nitrogens is 2. The van der Waals surface area contributed by atoms with E-state index in [1.54, 1.807) is 12.4 Å². The first-order valence-corrected chi connectivity index (χ1v) is 7.71. The van der Waals surface area contributed by atoms with Crippen molar-refractivity contribution >= 4 is 0 Å². The summed E-state index contributed by atoms with van der Waals surface area (Å²) >= 11 is 0. The van der Waals surface area contributed by atoms with Crippen molar-refractivity contribution in [1.82, 2.24) is 15.3 Å². The number of rotatable bonds is 5. The molecule has 0 bridgehead atoms. The molecule has 0 spiro atoms. The monoisotopic (exact) mass is 281 g/mol. The van der Waals surface area contributed by atoms with Crippen LogP contribution < -0.4 is 10.1 Å². The van der Waals surface area contributed by atoms with E-state index in [-0.39, 0.29) is 0 Å². The third kappa shape index (κ3) is 3.05. The quantitative estimate of drug-likeness (QED) is 0.915. The summed E-state index contributed by atoms with van der Waals surface area (Å²) in [5, 5.41) is 3.43. The Morgan fingerprint density at radius 3 is 2.81 bits per heavy atom. The van der Waals surface area contributed by atoms with Crippen LogP contribution in [0.3, 0.4) is 0 Å². The Labute approximate surface area is 124 Å². The molecule has 1 heterocycles. The molecule has 1 N–H and O–H groups in total. The molecule has 4 rings (SSSR count). The van der Waals surface area contributed by atoms with Crippen molar-refractivity contribution in [2.75, 3.05) is 0 Å². The number of nitrogens with zero attached hydrogens (tertiary/aromatic N) is 2. The Bertz CT molecular complexity index is 635. The lowest BCUT2D eigenvalue weighted by Gasteiger charge is -2.07. The molecule has 1 fully saturated rings. The summed E-state index contributed by atoms with van der Waals surface area (Å²) in [6.07, 6.45) is 9.67. The minimum absolute atomic E-state index is 0.558. The van der Waals surface area contributed by atoms with Gasteiger partial charge in [-0.1, -0.05) is 6.07 Å². The standard InChI is InChI=1S/C17H19N3O/c1-2-12-4-7-16(8-13(12)3-1)21-17-11-19-15(10-20-17)9-18-14-5-6-14/h4,7-8,10-11,14,18H,1-3,5-6,9H2. The van der Waals surface area contributed by atoms with Gasteiger partial charge in [0.15, 0.2) is 0 Å². The van der Waals surface area contributed by atoms with E-state index < -0.39 is 0 Å². The zero-order valence-corrected chi connectivity index (χ0v) is 12.0. The maximum Gasteiger partial charge on any atom is 0.237 e. The molecule has 2 aliphatic carbocycles. The predicted octanol–water partition coefficient (Wildman–Crippen LogP) is 3.01.